The predicted molar refractivity (Wildman–Crippen MR) is 60.0 cm³/mol. The molecular weight excluding hydrogens is 212 g/mol. The van der Waals surface area contributed by atoms with Gasteiger partial charge < -0.3 is 0 Å². The first-order chi connectivity index (χ1) is 7.16. The summed E-state index contributed by atoms with van der Waals surface area (Å²) < 4.78 is 0. The van der Waals surface area contributed by atoms with Crippen molar-refractivity contribution in [1.29, 1.82) is 0 Å². The third kappa shape index (κ3) is 2.07. The number of hydrogen-bond acceptors (Lipinski definition) is 2. The number of nitrogens with one attached hydrogen (secondary N) is 1. The van der Waals surface area contributed by atoms with Crippen LogP contribution in [0.5, 0.6) is 0 Å². The number of benzene rings is 1. The minimum absolute atomic E-state index is 0.108. The van der Waals surface area contributed by atoms with E-state index in [0.29, 0.717) is 5.56 Å². The van der Waals surface area contributed by atoms with E-state index in [1.54, 1.807) is 0 Å². The molecule has 4 heteroatoms. The van der Waals surface area contributed by atoms with E-state index in [4.69, 9.17) is 11.6 Å². The van der Waals surface area contributed by atoms with Crippen molar-refractivity contribution < 1.29 is 0 Å². The molecule has 3 nitrogen and oxygen atoms in total. The largest absolute Gasteiger partial charge is 0.297 e. The molecular formula is C11H9ClN2O. The van der Waals surface area contributed by atoms with Crippen molar-refractivity contribution in [1.82, 2.24) is 9.97 Å². The number of aromatic nitrogens is 2. The Morgan fingerprint density at radius 3 is 2.87 bits per heavy atom. The molecule has 0 saturated heterocycles. The maximum absolute atomic E-state index is 11.6. The Bertz CT molecular complexity index is 548. The maximum Gasteiger partial charge on any atom is 0.259 e. The summed E-state index contributed by atoms with van der Waals surface area (Å²) in [6.45, 7) is 1.97. The van der Waals surface area contributed by atoms with Crippen molar-refractivity contribution >= 4 is 11.6 Å². The van der Waals surface area contributed by atoms with Gasteiger partial charge in [-0.3, -0.25) is 9.78 Å². The Balaban J connectivity index is 2.59. The van der Waals surface area contributed by atoms with Gasteiger partial charge in [-0.25, -0.2) is 4.98 Å². The maximum atomic E-state index is 11.6. The highest BCUT2D eigenvalue weighted by Gasteiger charge is 2.04. The second-order valence-electron chi connectivity index (χ2n) is 3.29. The van der Waals surface area contributed by atoms with Crippen LogP contribution in [0.4, 0.5) is 0 Å². The molecule has 2 rings (SSSR count). The van der Waals surface area contributed by atoms with E-state index >= 15 is 0 Å². The lowest BCUT2D eigenvalue weighted by Crippen LogP contribution is -2.09. The minimum Gasteiger partial charge on any atom is -0.297 e. The highest BCUT2D eigenvalue weighted by molar-refractivity contribution is 6.28. The average molecular weight is 221 g/mol. The Morgan fingerprint density at radius 2 is 2.20 bits per heavy atom. The van der Waals surface area contributed by atoms with Gasteiger partial charge in [-0.1, -0.05) is 29.8 Å². The van der Waals surface area contributed by atoms with Gasteiger partial charge in [-0.05, 0) is 24.1 Å². The lowest BCUT2D eigenvalue weighted by atomic mass is 10.1. The van der Waals surface area contributed by atoms with Gasteiger partial charge in [0.2, 0.25) is 5.28 Å². The molecule has 0 fully saturated rings. The lowest BCUT2D eigenvalue weighted by molar-refractivity contribution is 1.12. The van der Waals surface area contributed by atoms with Crippen LogP contribution in [0.25, 0.3) is 11.1 Å². The third-order valence-electron chi connectivity index (χ3n) is 2.10. The van der Waals surface area contributed by atoms with Crippen molar-refractivity contribution in [3.63, 3.8) is 0 Å². The first kappa shape index (κ1) is 9.93. The molecule has 1 aromatic heterocycles. The number of halogens is 1. The van der Waals surface area contributed by atoms with Gasteiger partial charge in [0, 0.05) is 6.20 Å². The Labute approximate surface area is 91.8 Å². The molecule has 0 atom stereocenters. The van der Waals surface area contributed by atoms with Crippen molar-refractivity contribution in [3.8, 4) is 11.1 Å². The molecule has 0 amide bonds. The van der Waals surface area contributed by atoms with E-state index in [9.17, 15) is 4.79 Å². The highest BCUT2D eigenvalue weighted by atomic mass is 35.5. The summed E-state index contributed by atoms with van der Waals surface area (Å²) >= 11 is 5.57. The fraction of sp³-hybridized carbons (Fsp3) is 0.0909. The molecule has 1 aromatic carbocycles. The normalized spacial score (nSPS) is 10.3. The number of aromatic amines is 1. The van der Waals surface area contributed by atoms with Gasteiger partial charge in [0.1, 0.15) is 0 Å². The molecule has 0 aliphatic carbocycles. The second-order valence-corrected chi connectivity index (χ2v) is 3.64. The molecule has 0 radical (unpaired) electrons. The van der Waals surface area contributed by atoms with E-state index in [0.717, 1.165) is 11.1 Å². The first-order valence-corrected chi connectivity index (χ1v) is 4.86. The zero-order valence-corrected chi connectivity index (χ0v) is 8.88. The van der Waals surface area contributed by atoms with E-state index in [1.807, 2.05) is 31.2 Å². The van der Waals surface area contributed by atoms with Gasteiger partial charge in [-0.2, -0.15) is 0 Å². The summed E-state index contributed by atoms with van der Waals surface area (Å²) in [7, 11) is 0. The highest BCUT2D eigenvalue weighted by Crippen LogP contribution is 2.15. The van der Waals surface area contributed by atoms with Crippen LogP contribution in [-0.4, -0.2) is 9.97 Å². The van der Waals surface area contributed by atoms with Crippen LogP contribution in [-0.2, 0) is 0 Å². The van der Waals surface area contributed by atoms with Gasteiger partial charge in [0.05, 0.1) is 5.56 Å². The number of aryl methyl sites for hydroxylation is 1. The minimum atomic E-state index is -0.222. The molecule has 76 valence electrons. The molecule has 15 heavy (non-hydrogen) atoms. The van der Waals surface area contributed by atoms with Crippen molar-refractivity contribution in [2.24, 2.45) is 0 Å². The molecule has 0 unspecified atom stereocenters. The molecule has 1 N–H and O–H groups in total. The topological polar surface area (TPSA) is 45.8 Å². The molecule has 2 aromatic rings. The van der Waals surface area contributed by atoms with Crippen LogP contribution in [0.3, 0.4) is 0 Å². The summed E-state index contributed by atoms with van der Waals surface area (Å²) in [4.78, 5) is 17.9. The summed E-state index contributed by atoms with van der Waals surface area (Å²) in [5.41, 5.74) is 2.26. The summed E-state index contributed by atoms with van der Waals surface area (Å²) in [6.07, 6.45) is 1.48. The van der Waals surface area contributed by atoms with Crippen LogP contribution in [0, 0.1) is 6.92 Å². The molecule has 0 spiro atoms. The van der Waals surface area contributed by atoms with Crippen LogP contribution in [0.15, 0.2) is 35.3 Å². The number of H-pyrrole nitrogens is 1. The van der Waals surface area contributed by atoms with Crippen molar-refractivity contribution in [3.05, 3.63) is 51.7 Å². The smallest absolute Gasteiger partial charge is 0.259 e. The van der Waals surface area contributed by atoms with E-state index < -0.39 is 0 Å². The monoisotopic (exact) mass is 220 g/mol. The van der Waals surface area contributed by atoms with Gasteiger partial charge in [0.25, 0.3) is 5.56 Å². The van der Waals surface area contributed by atoms with Gasteiger partial charge >= 0.3 is 0 Å². The average Bonchev–Trinajstić information content (AvgIpc) is 2.17. The van der Waals surface area contributed by atoms with Crippen LogP contribution < -0.4 is 5.56 Å². The SMILES string of the molecule is Cc1cccc(-c2cnc(Cl)[nH]c2=O)c1. The molecule has 1 heterocycles. The quantitative estimate of drug-likeness (QED) is 0.751. The van der Waals surface area contributed by atoms with Gasteiger partial charge in [0.15, 0.2) is 0 Å². The molecule has 0 aliphatic heterocycles. The molecule has 0 aliphatic rings. The van der Waals surface area contributed by atoms with E-state index in [1.165, 1.54) is 6.20 Å². The van der Waals surface area contributed by atoms with Crippen molar-refractivity contribution in [2.75, 3.05) is 0 Å². The fourth-order valence-electron chi connectivity index (χ4n) is 1.39. The van der Waals surface area contributed by atoms with Crippen LogP contribution in [0.2, 0.25) is 5.28 Å². The summed E-state index contributed by atoms with van der Waals surface area (Å²) in [5, 5.41) is 0.108. The number of hydrogen-bond donors (Lipinski definition) is 1. The summed E-state index contributed by atoms with van der Waals surface area (Å²) in [6, 6.07) is 7.67. The Kier molecular flexibility index (Phi) is 2.56. The summed E-state index contributed by atoms with van der Waals surface area (Å²) in [5.74, 6) is 0. The van der Waals surface area contributed by atoms with Gasteiger partial charge in [-0.15, -0.1) is 0 Å². The van der Waals surface area contributed by atoms with E-state index in [2.05, 4.69) is 9.97 Å². The number of nitrogens with zero attached hydrogens (tertiary/aromatic N) is 1. The Morgan fingerprint density at radius 1 is 1.40 bits per heavy atom. The zero-order valence-electron chi connectivity index (χ0n) is 8.12. The van der Waals surface area contributed by atoms with E-state index in [-0.39, 0.29) is 10.8 Å². The molecule has 0 bridgehead atoms. The first-order valence-electron chi connectivity index (χ1n) is 4.48. The van der Waals surface area contributed by atoms with Crippen LogP contribution >= 0.6 is 11.6 Å². The zero-order chi connectivity index (χ0) is 10.8. The number of rotatable bonds is 1. The Hall–Kier alpha value is -1.61. The standard InChI is InChI=1S/C11H9ClN2O/c1-7-3-2-4-8(5-7)9-6-13-11(12)14-10(9)15/h2-6H,1H3,(H,13,14,15). The second kappa shape index (κ2) is 3.87. The van der Waals surface area contributed by atoms with Crippen LogP contribution in [0.1, 0.15) is 5.56 Å². The fourth-order valence-corrected chi connectivity index (χ4v) is 1.53. The lowest BCUT2D eigenvalue weighted by Gasteiger charge is -2.01. The predicted octanol–water partition coefficient (Wildman–Crippen LogP) is 2.40. The van der Waals surface area contributed by atoms with Crippen molar-refractivity contribution in [2.45, 2.75) is 6.92 Å². The molecule has 0 saturated carbocycles. The third-order valence-corrected chi connectivity index (χ3v) is 2.29.